The predicted molar refractivity (Wildman–Crippen MR) is 103 cm³/mol. The van der Waals surface area contributed by atoms with Crippen molar-refractivity contribution in [3.8, 4) is 0 Å². The molecule has 0 aromatic heterocycles. The van der Waals surface area contributed by atoms with Crippen molar-refractivity contribution >= 4 is 33.5 Å². The Morgan fingerprint density at radius 2 is 1.59 bits per heavy atom. The molecule has 2 aromatic carbocycles. The van der Waals surface area contributed by atoms with E-state index in [2.05, 4.69) is 10.1 Å². The molecule has 0 spiro atoms. The second kappa shape index (κ2) is 8.65. The van der Waals surface area contributed by atoms with Gasteiger partial charge in [0.25, 0.3) is 0 Å². The van der Waals surface area contributed by atoms with Crippen LogP contribution in [0.2, 0.25) is 0 Å². The topological polar surface area (TPSA) is 96.0 Å². The van der Waals surface area contributed by atoms with Crippen molar-refractivity contribution in [2.45, 2.75) is 0 Å². The van der Waals surface area contributed by atoms with Gasteiger partial charge in [0, 0.05) is 19.8 Å². The highest BCUT2D eigenvalue weighted by Gasteiger charge is 2.27. The number of nitrogens with one attached hydrogen (secondary N) is 1. The van der Waals surface area contributed by atoms with Gasteiger partial charge in [-0.15, -0.1) is 0 Å². The molecular formula is C18H21N3O5S. The fourth-order valence-electron chi connectivity index (χ4n) is 2.24. The van der Waals surface area contributed by atoms with E-state index in [9.17, 15) is 18.0 Å². The molecule has 0 fully saturated rings. The maximum absolute atomic E-state index is 12.6. The van der Waals surface area contributed by atoms with Crippen LogP contribution in [0.1, 0.15) is 10.4 Å². The summed E-state index contributed by atoms with van der Waals surface area (Å²) < 4.78 is 31.9. The Kier molecular flexibility index (Phi) is 6.54. The highest BCUT2D eigenvalue weighted by Crippen LogP contribution is 2.19. The molecule has 0 saturated heterocycles. The summed E-state index contributed by atoms with van der Waals surface area (Å²) in [6, 6.07) is 14.5. The molecule has 2 aromatic rings. The average molecular weight is 391 g/mol. The average Bonchev–Trinajstić information content (AvgIpc) is 2.66. The number of carbonyl (C=O) groups excluding carboxylic acids is 2. The van der Waals surface area contributed by atoms with E-state index in [1.54, 1.807) is 30.3 Å². The number of para-hydroxylation sites is 1. The van der Waals surface area contributed by atoms with Crippen LogP contribution in [0.3, 0.4) is 0 Å². The molecule has 9 heteroatoms. The Morgan fingerprint density at radius 1 is 1.00 bits per heavy atom. The molecule has 1 amide bonds. The fourth-order valence-corrected chi connectivity index (χ4v) is 3.30. The van der Waals surface area contributed by atoms with E-state index in [-0.39, 0.29) is 0 Å². The normalized spacial score (nSPS) is 11.1. The van der Waals surface area contributed by atoms with E-state index in [4.69, 9.17) is 0 Å². The van der Waals surface area contributed by atoms with Crippen molar-refractivity contribution in [3.63, 3.8) is 0 Å². The number of rotatable bonds is 7. The fraction of sp³-hybridized carbons (Fsp3) is 0.222. The van der Waals surface area contributed by atoms with Crippen LogP contribution in [-0.2, 0) is 19.7 Å². The standard InChI is InChI=1S/C18H21N3O5S/c1-20(2)27(24,25)21(16-7-5-4-6-8-16)13-17(22)19-15-11-9-14(10-12-15)18(23)26-3/h4-12H,13H2,1-3H3,(H,19,22). The first-order chi connectivity index (χ1) is 12.8. The van der Waals surface area contributed by atoms with Gasteiger partial charge in [-0.3, -0.25) is 4.79 Å². The zero-order valence-corrected chi connectivity index (χ0v) is 16.1. The summed E-state index contributed by atoms with van der Waals surface area (Å²) in [5.74, 6) is -1.00. The third-order valence-electron chi connectivity index (χ3n) is 3.66. The molecule has 0 bridgehead atoms. The molecule has 2 rings (SSSR count). The molecule has 0 saturated carbocycles. The van der Waals surface area contributed by atoms with E-state index in [1.165, 1.54) is 45.5 Å². The van der Waals surface area contributed by atoms with Gasteiger partial charge in [0.05, 0.1) is 18.4 Å². The predicted octanol–water partition coefficient (Wildman–Crippen LogP) is 1.72. The number of carbonyl (C=O) groups is 2. The lowest BCUT2D eigenvalue weighted by atomic mass is 10.2. The Labute approximate surface area is 158 Å². The second-order valence-corrected chi connectivity index (χ2v) is 7.82. The largest absolute Gasteiger partial charge is 0.465 e. The molecule has 144 valence electrons. The maximum Gasteiger partial charge on any atom is 0.337 e. The lowest BCUT2D eigenvalue weighted by Gasteiger charge is -2.26. The summed E-state index contributed by atoms with van der Waals surface area (Å²) in [4.78, 5) is 23.8. The Hall–Kier alpha value is -2.91. The first-order valence-electron chi connectivity index (χ1n) is 7.99. The van der Waals surface area contributed by atoms with Crippen LogP contribution in [0.5, 0.6) is 0 Å². The number of hydrogen-bond acceptors (Lipinski definition) is 5. The van der Waals surface area contributed by atoms with E-state index in [1.807, 2.05) is 0 Å². The third-order valence-corrected chi connectivity index (χ3v) is 5.48. The molecule has 1 N–H and O–H groups in total. The Balaban J connectivity index is 2.18. The minimum Gasteiger partial charge on any atom is -0.465 e. The highest BCUT2D eigenvalue weighted by molar-refractivity contribution is 7.90. The summed E-state index contributed by atoms with van der Waals surface area (Å²) in [5.41, 5.74) is 1.15. The number of methoxy groups -OCH3 is 1. The second-order valence-electron chi connectivity index (χ2n) is 5.75. The molecule has 8 nitrogen and oxygen atoms in total. The van der Waals surface area contributed by atoms with Gasteiger partial charge in [-0.2, -0.15) is 12.7 Å². The highest BCUT2D eigenvalue weighted by atomic mass is 32.2. The van der Waals surface area contributed by atoms with Gasteiger partial charge in [0.1, 0.15) is 6.54 Å². The van der Waals surface area contributed by atoms with Crippen molar-refractivity contribution in [2.75, 3.05) is 37.4 Å². The number of benzene rings is 2. The molecule has 27 heavy (non-hydrogen) atoms. The van der Waals surface area contributed by atoms with Gasteiger partial charge in [-0.25, -0.2) is 9.10 Å². The summed E-state index contributed by atoms with van der Waals surface area (Å²) in [6.07, 6.45) is 0. The summed E-state index contributed by atoms with van der Waals surface area (Å²) >= 11 is 0. The van der Waals surface area contributed by atoms with Crippen LogP contribution in [0.25, 0.3) is 0 Å². The van der Waals surface area contributed by atoms with Gasteiger partial charge in [-0.1, -0.05) is 18.2 Å². The number of esters is 1. The minimum absolute atomic E-state index is 0.344. The molecule has 0 unspecified atom stereocenters. The van der Waals surface area contributed by atoms with Crippen molar-refractivity contribution < 1.29 is 22.7 Å². The lowest BCUT2D eigenvalue weighted by Crippen LogP contribution is -2.44. The number of anilines is 2. The van der Waals surface area contributed by atoms with Gasteiger partial charge < -0.3 is 10.1 Å². The van der Waals surface area contributed by atoms with E-state index < -0.39 is 28.6 Å². The number of amides is 1. The summed E-state index contributed by atoms with van der Waals surface area (Å²) in [7, 11) is 0.218. The molecule has 0 radical (unpaired) electrons. The molecular weight excluding hydrogens is 370 g/mol. The monoisotopic (exact) mass is 391 g/mol. The van der Waals surface area contributed by atoms with E-state index >= 15 is 0 Å². The Bertz CT molecular complexity index is 896. The van der Waals surface area contributed by atoms with Crippen molar-refractivity contribution in [1.82, 2.24) is 4.31 Å². The quantitative estimate of drug-likeness (QED) is 0.725. The minimum atomic E-state index is -3.86. The lowest BCUT2D eigenvalue weighted by molar-refractivity contribution is -0.114. The first kappa shape index (κ1) is 20.4. The van der Waals surface area contributed by atoms with E-state index in [0.29, 0.717) is 16.9 Å². The molecule has 0 heterocycles. The molecule has 0 aliphatic carbocycles. The molecule has 0 aliphatic rings. The van der Waals surface area contributed by atoms with E-state index in [0.717, 1.165) is 8.61 Å². The number of ether oxygens (including phenoxy) is 1. The first-order valence-corrected chi connectivity index (χ1v) is 9.39. The van der Waals surface area contributed by atoms with Crippen molar-refractivity contribution in [2.24, 2.45) is 0 Å². The van der Waals surface area contributed by atoms with Crippen LogP contribution in [0.4, 0.5) is 11.4 Å². The van der Waals surface area contributed by atoms with Gasteiger partial charge >= 0.3 is 16.2 Å². The van der Waals surface area contributed by atoms with Crippen molar-refractivity contribution in [3.05, 3.63) is 60.2 Å². The van der Waals surface area contributed by atoms with Crippen LogP contribution >= 0.6 is 0 Å². The van der Waals surface area contributed by atoms with Crippen LogP contribution in [-0.4, -0.2) is 52.3 Å². The van der Waals surface area contributed by atoms with Gasteiger partial charge in [-0.05, 0) is 36.4 Å². The zero-order chi connectivity index (χ0) is 20.0. The SMILES string of the molecule is COC(=O)c1ccc(NC(=O)CN(c2ccccc2)S(=O)(=O)N(C)C)cc1. The summed E-state index contributed by atoms with van der Waals surface area (Å²) in [5, 5.41) is 2.62. The van der Waals surface area contributed by atoms with Crippen LogP contribution < -0.4 is 9.62 Å². The van der Waals surface area contributed by atoms with Crippen LogP contribution in [0.15, 0.2) is 54.6 Å². The maximum atomic E-state index is 12.6. The molecule has 0 atom stereocenters. The summed E-state index contributed by atoms with van der Waals surface area (Å²) in [6.45, 7) is -0.400. The smallest absolute Gasteiger partial charge is 0.337 e. The Morgan fingerprint density at radius 3 is 2.11 bits per heavy atom. The van der Waals surface area contributed by atoms with Gasteiger partial charge in [0.2, 0.25) is 5.91 Å². The van der Waals surface area contributed by atoms with Gasteiger partial charge in [0.15, 0.2) is 0 Å². The van der Waals surface area contributed by atoms with Crippen molar-refractivity contribution in [1.29, 1.82) is 0 Å². The number of hydrogen-bond donors (Lipinski definition) is 1. The third kappa shape index (κ3) is 5.05. The van der Waals surface area contributed by atoms with Crippen LogP contribution in [0, 0.1) is 0 Å². The number of nitrogens with zero attached hydrogens (tertiary/aromatic N) is 2. The molecule has 0 aliphatic heterocycles. The zero-order valence-electron chi connectivity index (χ0n) is 15.2.